The highest BCUT2D eigenvalue weighted by atomic mass is 79.9. The standard InChI is InChI=1S/2C6H15NO2.BrH.ClH/c2*1-5(8-3)7-6(2)9-4;;/h2*5-7H,1-4H3;2*1H. The lowest BCUT2D eigenvalue weighted by Gasteiger charge is -2.16. The van der Waals surface area contributed by atoms with E-state index < -0.39 is 0 Å². The molecule has 0 aromatic rings. The van der Waals surface area contributed by atoms with Crippen molar-refractivity contribution in [3.63, 3.8) is 0 Å². The maximum atomic E-state index is 4.93. The summed E-state index contributed by atoms with van der Waals surface area (Å²) in [6.45, 7) is 7.70. The lowest BCUT2D eigenvalue weighted by atomic mass is 10.5. The molecule has 128 valence electrons. The highest BCUT2D eigenvalue weighted by Gasteiger charge is 2.02. The van der Waals surface area contributed by atoms with Crippen LogP contribution in [-0.4, -0.2) is 53.4 Å². The van der Waals surface area contributed by atoms with Crippen molar-refractivity contribution in [3.8, 4) is 0 Å². The molecule has 0 fully saturated rings. The summed E-state index contributed by atoms with van der Waals surface area (Å²) in [5.41, 5.74) is 0. The third kappa shape index (κ3) is 20.8. The van der Waals surface area contributed by atoms with E-state index in [0.717, 1.165) is 0 Å². The van der Waals surface area contributed by atoms with Gasteiger partial charge in [0.2, 0.25) is 0 Å². The van der Waals surface area contributed by atoms with Crippen LogP contribution in [0.3, 0.4) is 0 Å². The molecule has 0 amide bonds. The van der Waals surface area contributed by atoms with E-state index in [0.29, 0.717) is 0 Å². The highest BCUT2D eigenvalue weighted by Crippen LogP contribution is 1.87. The molecule has 0 aliphatic heterocycles. The van der Waals surface area contributed by atoms with Crippen LogP contribution in [0.5, 0.6) is 0 Å². The van der Waals surface area contributed by atoms with Crippen LogP contribution in [0.1, 0.15) is 27.7 Å². The third-order valence-electron chi connectivity index (χ3n) is 2.35. The molecule has 8 heteroatoms. The molecule has 0 radical (unpaired) electrons. The first kappa shape index (κ1) is 28.7. The lowest BCUT2D eigenvalue weighted by molar-refractivity contribution is 0.00757. The molecular formula is C12H32BrClN2O4. The van der Waals surface area contributed by atoms with Gasteiger partial charge >= 0.3 is 0 Å². The Morgan fingerprint density at radius 2 is 0.700 bits per heavy atom. The van der Waals surface area contributed by atoms with E-state index in [1.54, 1.807) is 28.4 Å². The third-order valence-corrected chi connectivity index (χ3v) is 2.35. The Labute approximate surface area is 140 Å². The largest absolute Gasteiger partial charge is 0.367 e. The number of ether oxygens (including phenoxy) is 4. The Bertz CT molecular complexity index is 150. The first-order valence-corrected chi connectivity index (χ1v) is 6.04. The second-order valence-electron chi connectivity index (χ2n) is 3.85. The quantitative estimate of drug-likeness (QED) is 0.626. The predicted molar refractivity (Wildman–Crippen MR) is 89.7 cm³/mol. The molecule has 0 bridgehead atoms. The van der Waals surface area contributed by atoms with Crippen LogP contribution in [0.2, 0.25) is 0 Å². The van der Waals surface area contributed by atoms with Gasteiger partial charge in [-0.2, -0.15) is 0 Å². The number of methoxy groups -OCH3 is 4. The van der Waals surface area contributed by atoms with Gasteiger partial charge in [0.1, 0.15) is 24.9 Å². The van der Waals surface area contributed by atoms with Crippen molar-refractivity contribution < 1.29 is 18.9 Å². The van der Waals surface area contributed by atoms with Crippen molar-refractivity contribution >= 4 is 29.4 Å². The summed E-state index contributed by atoms with van der Waals surface area (Å²) in [4.78, 5) is 0. The fraction of sp³-hybridized carbons (Fsp3) is 1.00. The maximum Gasteiger partial charge on any atom is 0.106 e. The van der Waals surface area contributed by atoms with Gasteiger partial charge in [-0.05, 0) is 27.7 Å². The summed E-state index contributed by atoms with van der Waals surface area (Å²) in [7, 11) is 6.61. The molecule has 0 rings (SSSR count). The van der Waals surface area contributed by atoms with Gasteiger partial charge in [-0.1, -0.05) is 0 Å². The highest BCUT2D eigenvalue weighted by molar-refractivity contribution is 8.93. The minimum Gasteiger partial charge on any atom is -0.367 e. The van der Waals surface area contributed by atoms with Crippen molar-refractivity contribution in [2.24, 2.45) is 0 Å². The Kier molecular flexibility index (Phi) is 28.0. The maximum absolute atomic E-state index is 4.93. The molecule has 0 aliphatic carbocycles. The summed E-state index contributed by atoms with van der Waals surface area (Å²) < 4.78 is 19.7. The summed E-state index contributed by atoms with van der Waals surface area (Å²) >= 11 is 0. The van der Waals surface area contributed by atoms with E-state index in [2.05, 4.69) is 10.6 Å². The fourth-order valence-corrected chi connectivity index (χ4v) is 0.933. The molecule has 4 unspecified atom stereocenters. The number of hydrogen-bond acceptors (Lipinski definition) is 6. The van der Waals surface area contributed by atoms with Crippen molar-refractivity contribution in [1.29, 1.82) is 0 Å². The van der Waals surface area contributed by atoms with Gasteiger partial charge in [0.05, 0.1) is 0 Å². The SMILES string of the molecule is Br.COC(C)NC(C)OC.COC(C)NC(C)OC.Cl. The Morgan fingerprint density at radius 1 is 0.550 bits per heavy atom. The average Bonchev–Trinajstić information content (AvgIpc) is 2.38. The second kappa shape index (κ2) is 19.5. The Balaban J connectivity index is -0.000000116. The summed E-state index contributed by atoms with van der Waals surface area (Å²) in [5.74, 6) is 0. The topological polar surface area (TPSA) is 61.0 Å². The van der Waals surface area contributed by atoms with Crippen molar-refractivity contribution in [3.05, 3.63) is 0 Å². The van der Waals surface area contributed by atoms with Gasteiger partial charge < -0.3 is 18.9 Å². The van der Waals surface area contributed by atoms with Crippen LogP contribution >= 0.6 is 29.4 Å². The van der Waals surface area contributed by atoms with Crippen molar-refractivity contribution in [2.75, 3.05) is 28.4 Å². The van der Waals surface area contributed by atoms with Gasteiger partial charge in [-0.25, -0.2) is 0 Å². The zero-order valence-electron chi connectivity index (χ0n) is 13.8. The zero-order valence-corrected chi connectivity index (χ0v) is 16.3. The van der Waals surface area contributed by atoms with Gasteiger partial charge in [-0.15, -0.1) is 29.4 Å². The molecule has 0 aromatic heterocycles. The van der Waals surface area contributed by atoms with E-state index >= 15 is 0 Å². The molecule has 0 aromatic carbocycles. The average molecular weight is 384 g/mol. The molecular weight excluding hydrogens is 351 g/mol. The molecule has 20 heavy (non-hydrogen) atoms. The van der Waals surface area contributed by atoms with Crippen LogP contribution in [0.4, 0.5) is 0 Å². The van der Waals surface area contributed by atoms with Gasteiger partial charge in [-0.3, -0.25) is 10.6 Å². The van der Waals surface area contributed by atoms with Crippen LogP contribution in [-0.2, 0) is 18.9 Å². The summed E-state index contributed by atoms with van der Waals surface area (Å²) in [6, 6.07) is 0. The molecule has 0 saturated heterocycles. The number of rotatable bonds is 8. The summed E-state index contributed by atoms with van der Waals surface area (Å²) in [6.07, 6.45) is 0.222. The first-order valence-electron chi connectivity index (χ1n) is 6.04. The van der Waals surface area contributed by atoms with Crippen molar-refractivity contribution in [1.82, 2.24) is 10.6 Å². The smallest absolute Gasteiger partial charge is 0.106 e. The first-order chi connectivity index (χ1) is 8.40. The van der Waals surface area contributed by atoms with Gasteiger partial charge in [0.15, 0.2) is 0 Å². The minimum atomic E-state index is 0. The number of hydrogen-bond donors (Lipinski definition) is 2. The van der Waals surface area contributed by atoms with Crippen molar-refractivity contribution in [2.45, 2.75) is 52.6 Å². The predicted octanol–water partition coefficient (Wildman–Crippen LogP) is 2.12. The molecule has 0 aliphatic rings. The van der Waals surface area contributed by atoms with Crippen LogP contribution in [0.25, 0.3) is 0 Å². The molecule has 2 N–H and O–H groups in total. The van der Waals surface area contributed by atoms with Crippen LogP contribution in [0.15, 0.2) is 0 Å². The van der Waals surface area contributed by atoms with E-state index in [9.17, 15) is 0 Å². The van der Waals surface area contributed by atoms with Gasteiger partial charge in [0, 0.05) is 28.4 Å². The van der Waals surface area contributed by atoms with E-state index in [-0.39, 0.29) is 54.3 Å². The molecule has 4 atom stereocenters. The molecule has 0 saturated carbocycles. The van der Waals surface area contributed by atoms with E-state index in [1.807, 2.05) is 27.7 Å². The van der Waals surface area contributed by atoms with Crippen LogP contribution < -0.4 is 10.6 Å². The zero-order chi connectivity index (χ0) is 14.6. The minimum absolute atomic E-state index is 0. The monoisotopic (exact) mass is 382 g/mol. The van der Waals surface area contributed by atoms with E-state index in [4.69, 9.17) is 18.9 Å². The molecule has 6 nitrogen and oxygen atoms in total. The van der Waals surface area contributed by atoms with Gasteiger partial charge in [0.25, 0.3) is 0 Å². The second-order valence-corrected chi connectivity index (χ2v) is 3.85. The summed E-state index contributed by atoms with van der Waals surface area (Å²) in [5, 5.41) is 6.07. The Morgan fingerprint density at radius 3 is 0.800 bits per heavy atom. The van der Waals surface area contributed by atoms with Crippen LogP contribution in [0, 0.1) is 0 Å². The lowest BCUT2D eigenvalue weighted by Crippen LogP contribution is -2.36. The number of halogens is 2. The molecule has 0 spiro atoms. The van der Waals surface area contributed by atoms with E-state index in [1.165, 1.54) is 0 Å². The number of nitrogens with one attached hydrogen (secondary N) is 2. The molecule has 0 heterocycles. The Hall–Kier alpha value is 0.530. The fourth-order valence-electron chi connectivity index (χ4n) is 0.933. The normalized spacial score (nSPS) is 15.6.